The van der Waals surface area contributed by atoms with Crippen LogP contribution in [0.4, 0.5) is 0 Å². The number of hydrogen-bond donors (Lipinski definition) is 1. The maximum atomic E-state index is 5.82. The lowest BCUT2D eigenvalue weighted by Gasteiger charge is -2.34. The highest BCUT2D eigenvalue weighted by molar-refractivity contribution is 9.11. The molecule has 16 heavy (non-hydrogen) atoms. The third-order valence-corrected chi connectivity index (χ3v) is 5.80. The van der Waals surface area contributed by atoms with Crippen molar-refractivity contribution in [3.05, 3.63) is 19.8 Å². The highest BCUT2D eigenvalue weighted by atomic mass is 79.9. The maximum absolute atomic E-state index is 5.82. The molecule has 3 heteroatoms. The van der Waals surface area contributed by atoms with E-state index in [1.54, 1.807) is 10.4 Å². The van der Waals surface area contributed by atoms with E-state index in [-0.39, 0.29) is 0 Å². The standard InChI is InChI=1S/C13H20BrNS/c1-13(2,3)8-4-5-9-10(7-15)12(14)16-11(9)6-8/h8H,4-7,15H2,1-3H3. The van der Waals surface area contributed by atoms with E-state index in [4.69, 9.17) is 5.73 Å². The molecule has 0 radical (unpaired) electrons. The first-order valence-corrected chi connectivity index (χ1v) is 7.53. The Hall–Kier alpha value is 0.140. The van der Waals surface area contributed by atoms with Crippen LogP contribution in [0.25, 0.3) is 0 Å². The van der Waals surface area contributed by atoms with Gasteiger partial charge in [0.05, 0.1) is 3.79 Å². The van der Waals surface area contributed by atoms with Gasteiger partial charge in [0.2, 0.25) is 0 Å². The predicted molar refractivity (Wildman–Crippen MR) is 74.9 cm³/mol. The van der Waals surface area contributed by atoms with Crippen molar-refractivity contribution in [3.63, 3.8) is 0 Å². The SMILES string of the molecule is CC(C)(C)C1CCc2c(sc(Br)c2CN)C1. The van der Waals surface area contributed by atoms with Crippen LogP contribution in [0.15, 0.2) is 3.79 Å². The Morgan fingerprint density at radius 1 is 1.44 bits per heavy atom. The van der Waals surface area contributed by atoms with Crippen LogP contribution < -0.4 is 5.73 Å². The minimum absolute atomic E-state index is 0.428. The first-order chi connectivity index (χ1) is 7.43. The number of nitrogens with two attached hydrogens (primary N) is 1. The van der Waals surface area contributed by atoms with Gasteiger partial charge in [-0.25, -0.2) is 0 Å². The quantitative estimate of drug-likeness (QED) is 0.829. The van der Waals surface area contributed by atoms with Gasteiger partial charge < -0.3 is 5.73 Å². The Bertz CT molecular complexity index is 389. The molecular weight excluding hydrogens is 282 g/mol. The van der Waals surface area contributed by atoms with E-state index in [0.717, 1.165) is 5.92 Å². The molecule has 0 amide bonds. The molecule has 0 fully saturated rings. The van der Waals surface area contributed by atoms with Crippen molar-refractivity contribution in [2.24, 2.45) is 17.1 Å². The van der Waals surface area contributed by atoms with Gasteiger partial charge >= 0.3 is 0 Å². The molecule has 0 spiro atoms. The summed E-state index contributed by atoms with van der Waals surface area (Å²) in [7, 11) is 0. The highest BCUT2D eigenvalue weighted by Crippen LogP contribution is 2.43. The van der Waals surface area contributed by atoms with Crippen LogP contribution in [0.1, 0.15) is 43.2 Å². The van der Waals surface area contributed by atoms with Crippen LogP contribution >= 0.6 is 27.3 Å². The fourth-order valence-corrected chi connectivity index (χ4v) is 4.73. The van der Waals surface area contributed by atoms with Crippen LogP contribution in [0.3, 0.4) is 0 Å². The van der Waals surface area contributed by atoms with Crippen molar-refractivity contribution < 1.29 is 0 Å². The summed E-state index contributed by atoms with van der Waals surface area (Å²) >= 11 is 5.54. The van der Waals surface area contributed by atoms with Gasteiger partial charge in [0, 0.05) is 11.4 Å². The van der Waals surface area contributed by atoms with Crippen LogP contribution in [0, 0.1) is 11.3 Å². The van der Waals surface area contributed by atoms with E-state index in [1.807, 2.05) is 11.3 Å². The van der Waals surface area contributed by atoms with Crippen molar-refractivity contribution in [3.8, 4) is 0 Å². The van der Waals surface area contributed by atoms with Crippen molar-refractivity contribution in [2.75, 3.05) is 0 Å². The first-order valence-electron chi connectivity index (χ1n) is 5.92. The lowest BCUT2D eigenvalue weighted by molar-refractivity contribution is 0.217. The third kappa shape index (κ3) is 2.22. The van der Waals surface area contributed by atoms with Gasteiger partial charge in [-0.1, -0.05) is 20.8 Å². The van der Waals surface area contributed by atoms with Crippen molar-refractivity contribution in [2.45, 2.75) is 46.6 Å². The molecule has 2 N–H and O–H groups in total. The summed E-state index contributed by atoms with van der Waals surface area (Å²) in [4.78, 5) is 1.57. The molecule has 1 nitrogen and oxygen atoms in total. The molecule has 2 rings (SSSR count). The first kappa shape index (κ1) is 12.6. The normalized spacial score (nSPS) is 20.9. The second kappa shape index (κ2) is 4.43. The Balaban J connectivity index is 2.29. The van der Waals surface area contributed by atoms with Gasteiger partial charge in [-0.3, -0.25) is 0 Å². The fourth-order valence-electron chi connectivity index (χ4n) is 2.56. The zero-order chi connectivity index (χ0) is 11.9. The van der Waals surface area contributed by atoms with Crippen molar-refractivity contribution >= 4 is 27.3 Å². The second-order valence-corrected chi connectivity index (χ2v) is 8.19. The zero-order valence-electron chi connectivity index (χ0n) is 10.3. The van der Waals surface area contributed by atoms with Crippen molar-refractivity contribution in [1.82, 2.24) is 0 Å². The molecule has 1 aromatic heterocycles. The van der Waals surface area contributed by atoms with Crippen LogP contribution in [0.2, 0.25) is 0 Å². The van der Waals surface area contributed by atoms with Gasteiger partial charge in [0.1, 0.15) is 0 Å². The largest absolute Gasteiger partial charge is 0.326 e. The lowest BCUT2D eigenvalue weighted by Crippen LogP contribution is -2.26. The van der Waals surface area contributed by atoms with Gasteiger partial charge in [-0.15, -0.1) is 11.3 Å². The zero-order valence-corrected chi connectivity index (χ0v) is 12.7. The molecule has 1 atom stereocenters. The Morgan fingerprint density at radius 3 is 2.69 bits per heavy atom. The number of halogens is 1. The van der Waals surface area contributed by atoms with E-state index in [1.165, 1.54) is 28.6 Å². The Kier molecular flexibility index (Phi) is 3.49. The Labute approximate surface area is 111 Å². The van der Waals surface area contributed by atoms with E-state index in [0.29, 0.717) is 12.0 Å². The minimum atomic E-state index is 0.428. The summed E-state index contributed by atoms with van der Waals surface area (Å²) in [5.41, 5.74) is 9.14. The summed E-state index contributed by atoms with van der Waals surface area (Å²) in [5, 5.41) is 0. The number of fused-ring (bicyclic) bond motifs is 1. The molecule has 0 saturated heterocycles. The van der Waals surface area contributed by atoms with E-state index in [2.05, 4.69) is 36.7 Å². The minimum Gasteiger partial charge on any atom is -0.326 e. The number of rotatable bonds is 1. The molecular formula is C13H20BrNS. The molecule has 1 heterocycles. The van der Waals surface area contributed by atoms with Crippen LogP contribution in [-0.2, 0) is 19.4 Å². The van der Waals surface area contributed by atoms with Gasteiger partial charge in [0.25, 0.3) is 0 Å². The number of thiophene rings is 1. The molecule has 1 aliphatic carbocycles. The van der Waals surface area contributed by atoms with Gasteiger partial charge in [-0.05, 0) is 57.7 Å². The fraction of sp³-hybridized carbons (Fsp3) is 0.692. The molecule has 0 bridgehead atoms. The van der Waals surface area contributed by atoms with Crippen LogP contribution in [-0.4, -0.2) is 0 Å². The van der Waals surface area contributed by atoms with Crippen LogP contribution in [0.5, 0.6) is 0 Å². The molecule has 1 aromatic rings. The van der Waals surface area contributed by atoms with E-state index < -0.39 is 0 Å². The molecule has 1 unspecified atom stereocenters. The van der Waals surface area contributed by atoms with Gasteiger partial charge in [0.15, 0.2) is 0 Å². The molecule has 0 aliphatic heterocycles. The maximum Gasteiger partial charge on any atom is 0.0749 e. The molecule has 0 saturated carbocycles. The van der Waals surface area contributed by atoms with E-state index >= 15 is 0 Å². The molecule has 90 valence electrons. The van der Waals surface area contributed by atoms with Crippen molar-refractivity contribution in [1.29, 1.82) is 0 Å². The molecule has 1 aliphatic rings. The smallest absolute Gasteiger partial charge is 0.0749 e. The summed E-state index contributed by atoms with van der Waals surface area (Å²) in [6, 6.07) is 0. The summed E-state index contributed by atoms with van der Waals surface area (Å²) < 4.78 is 1.26. The molecule has 0 aromatic carbocycles. The average Bonchev–Trinajstić information content (AvgIpc) is 2.50. The van der Waals surface area contributed by atoms with Gasteiger partial charge in [-0.2, -0.15) is 0 Å². The second-order valence-electron chi connectivity index (χ2n) is 5.77. The predicted octanol–water partition coefficient (Wildman–Crippen LogP) is 4.12. The third-order valence-electron chi connectivity index (χ3n) is 3.75. The summed E-state index contributed by atoms with van der Waals surface area (Å²) in [5.74, 6) is 0.816. The summed E-state index contributed by atoms with van der Waals surface area (Å²) in [6.45, 7) is 7.74. The topological polar surface area (TPSA) is 26.0 Å². The highest BCUT2D eigenvalue weighted by Gasteiger charge is 2.31. The monoisotopic (exact) mass is 301 g/mol. The van der Waals surface area contributed by atoms with E-state index in [9.17, 15) is 0 Å². The lowest BCUT2D eigenvalue weighted by atomic mass is 9.72. The number of hydrogen-bond acceptors (Lipinski definition) is 2. The average molecular weight is 302 g/mol. The summed E-state index contributed by atoms with van der Waals surface area (Å²) in [6.07, 6.45) is 3.76. The Morgan fingerprint density at radius 2 is 2.12 bits per heavy atom.